The predicted molar refractivity (Wildman–Crippen MR) is 115 cm³/mol. The van der Waals surface area contributed by atoms with Crippen LogP contribution in [-0.2, 0) is 9.59 Å². The van der Waals surface area contributed by atoms with Crippen molar-refractivity contribution in [2.24, 2.45) is 0 Å². The number of anilines is 2. The Morgan fingerprint density at radius 3 is 1.43 bits per heavy atom. The fraction of sp³-hybridized carbons (Fsp3) is 0. The van der Waals surface area contributed by atoms with Crippen molar-refractivity contribution in [1.82, 2.24) is 0 Å². The van der Waals surface area contributed by atoms with Crippen molar-refractivity contribution in [3.05, 3.63) is 108 Å². The summed E-state index contributed by atoms with van der Waals surface area (Å²) in [5, 5.41) is 5.39. The van der Waals surface area contributed by atoms with Gasteiger partial charge in [-0.25, -0.2) is 8.78 Å². The fourth-order valence-electron chi connectivity index (χ4n) is 2.53. The van der Waals surface area contributed by atoms with Crippen molar-refractivity contribution >= 4 is 35.3 Å². The van der Waals surface area contributed by atoms with Gasteiger partial charge in [0.05, 0.1) is 0 Å². The van der Waals surface area contributed by atoms with E-state index in [1.54, 1.807) is 60.7 Å². The van der Waals surface area contributed by atoms with E-state index in [0.717, 1.165) is 0 Å². The second-order valence-electron chi connectivity index (χ2n) is 6.33. The molecule has 0 bridgehead atoms. The van der Waals surface area contributed by atoms with E-state index in [9.17, 15) is 18.4 Å². The van der Waals surface area contributed by atoms with E-state index in [-0.39, 0.29) is 23.4 Å². The van der Waals surface area contributed by atoms with E-state index in [2.05, 4.69) is 10.6 Å². The number of nitrogens with one attached hydrogen (secondary N) is 2. The lowest BCUT2D eigenvalue weighted by molar-refractivity contribution is -0.112. The standard InChI is InChI=1S/C24H18F2N2O2/c25-19-10-4-17(5-11-19)8-14-23(29)27-21-2-1-3-22(16-21)28-24(30)15-9-18-6-12-20(26)13-7-18/h1-16H,(H,27,29)(H,28,30)/b14-8-,15-9-. The van der Waals surface area contributed by atoms with Gasteiger partial charge in [0, 0.05) is 23.5 Å². The third-order valence-corrected chi connectivity index (χ3v) is 3.99. The number of halogens is 2. The highest BCUT2D eigenvalue weighted by atomic mass is 19.1. The molecular weight excluding hydrogens is 386 g/mol. The molecule has 2 N–H and O–H groups in total. The van der Waals surface area contributed by atoms with Crippen molar-refractivity contribution in [2.75, 3.05) is 10.6 Å². The normalized spacial score (nSPS) is 11.0. The quantitative estimate of drug-likeness (QED) is 0.550. The lowest BCUT2D eigenvalue weighted by Crippen LogP contribution is -2.10. The highest BCUT2D eigenvalue weighted by Gasteiger charge is 2.02. The van der Waals surface area contributed by atoms with Crippen LogP contribution in [0.25, 0.3) is 12.2 Å². The summed E-state index contributed by atoms with van der Waals surface area (Å²) in [6.07, 6.45) is 5.81. The first-order valence-electron chi connectivity index (χ1n) is 9.07. The van der Waals surface area contributed by atoms with Gasteiger partial charge >= 0.3 is 0 Å². The Bertz CT molecular complexity index is 1000. The number of hydrogen-bond acceptors (Lipinski definition) is 2. The molecule has 0 fully saturated rings. The first-order valence-corrected chi connectivity index (χ1v) is 9.07. The minimum Gasteiger partial charge on any atom is -0.322 e. The van der Waals surface area contributed by atoms with Gasteiger partial charge in [0.25, 0.3) is 0 Å². The Morgan fingerprint density at radius 2 is 1.03 bits per heavy atom. The van der Waals surface area contributed by atoms with Crippen molar-refractivity contribution in [1.29, 1.82) is 0 Å². The average molecular weight is 404 g/mol. The summed E-state index contributed by atoms with van der Waals surface area (Å²) in [5.41, 5.74) is 2.40. The summed E-state index contributed by atoms with van der Waals surface area (Å²) >= 11 is 0. The summed E-state index contributed by atoms with van der Waals surface area (Å²) in [6, 6.07) is 18.2. The minimum atomic E-state index is -0.362. The number of benzene rings is 3. The van der Waals surface area contributed by atoms with Gasteiger partial charge in [-0.3, -0.25) is 9.59 Å². The number of carbonyl (C=O) groups is 2. The molecule has 0 spiro atoms. The summed E-state index contributed by atoms with van der Waals surface area (Å²) in [5.74, 6) is -1.41. The summed E-state index contributed by atoms with van der Waals surface area (Å²) in [7, 11) is 0. The van der Waals surface area contributed by atoms with Crippen LogP contribution in [-0.4, -0.2) is 11.8 Å². The molecule has 0 aromatic heterocycles. The highest BCUT2D eigenvalue weighted by molar-refractivity contribution is 6.04. The second-order valence-corrected chi connectivity index (χ2v) is 6.33. The maximum absolute atomic E-state index is 12.9. The summed E-state index contributed by atoms with van der Waals surface area (Å²) < 4.78 is 25.8. The van der Waals surface area contributed by atoms with Crippen LogP contribution < -0.4 is 10.6 Å². The molecule has 0 aliphatic rings. The smallest absolute Gasteiger partial charge is 0.248 e. The van der Waals surface area contributed by atoms with Gasteiger partial charge in [-0.05, 0) is 65.7 Å². The van der Waals surface area contributed by atoms with Crippen molar-refractivity contribution in [3.8, 4) is 0 Å². The van der Waals surface area contributed by atoms with E-state index in [4.69, 9.17) is 0 Å². The molecule has 3 aromatic rings. The van der Waals surface area contributed by atoms with Crippen LogP contribution >= 0.6 is 0 Å². The molecule has 3 rings (SSSR count). The maximum atomic E-state index is 12.9. The Hall–Kier alpha value is -4.06. The third kappa shape index (κ3) is 6.53. The van der Waals surface area contributed by atoms with Gasteiger partial charge in [0.2, 0.25) is 11.8 Å². The minimum absolute atomic E-state index is 0.344. The Morgan fingerprint density at radius 1 is 0.633 bits per heavy atom. The van der Waals surface area contributed by atoms with Crippen LogP contribution in [0.4, 0.5) is 20.2 Å². The first-order chi connectivity index (χ1) is 14.5. The maximum Gasteiger partial charge on any atom is 0.248 e. The Labute approximate surface area is 172 Å². The lowest BCUT2D eigenvalue weighted by atomic mass is 10.2. The van der Waals surface area contributed by atoms with Crippen LogP contribution in [0, 0.1) is 11.6 Å². The number of hydrogen-bond donors (Lipinski definition) is 2. The Balaban J connectivity index is 1.57. The molecule has 30 heavy (non-hydrogen) atoms. The zero-order valence-electron chi connectivity index (χ0n) is 15.8. The summed E-state index contributed by atoms with van der Waals surface area (Å²) in [6.45, 7) is 0. The molecule has 0 saturated heterocycles. The van der Waals surface area contributed by atoms with Gasteiger partial charge < -0.3 is 10.6 Å². The van der Waals surface area contributed by atoms with Crippen LogP contribution in [0.5, 0.6) is 0 Å². The van der Waals surface area contributed by atoms with Crippen molar-refractivity contribution in [3.63, 3.8) is 0 Å². The van der Waals surface area contributed by atoms with Crippen molar-refractivity contribution < 1.29 is 18.4 Å². The molecule has 0 atom stereocenters. The molecule has 0 heterocycles. The zero-order chi connectivity index (χ0) is 21.3. The molecular formula is C24H18F2N2O2. The molecule has 0 aliphatic heterocycles. The molecule has 3 aromatic carbocycles. The molecule has 2 amide bonds. The van der Waals surface area contributed by atoms with E-state index in [1.807, 2.05) is 0 Å². The lowest BCUT2D eigenvalue weighted by Gasteiger charge is -2.06. The third-order valence-electron chi connectivity index (χ3n) is 3.99. The van der Waals surface area contributed by atoms with Crippen LogP contribution in [0.3, 0.4) is 0 Å². The number of amides is 2. The summed E-state index contributed by atoms with van der Waals surface area (Å²) in [4.78, 5) is 24.1. The van der Waals surface area contributed by atoms with Crippen LogP contribution in [0.2, 0.25) is 0 Å². The molecule has 150 valence electrons. The Kier molecular flexibility index (Phi) is 6.84. The van der Waals surface area contributed by atoms with E-state index >= 15 is 0 Å². The molecule has 0 radical (unpaired) electrons. The largest absolute Gasteiger partial charge is 0.322 e. The number of rotatable bonds is 6. The van der Waals surface area contributed by atoms with E-state index in [0.29, 0.717) is 22.5 Å². The molecule has 0 unspecified atom stereocenters. The monoisotopic (exact) mass is 404 g/mol. The topological polar surface area (TPSA) is 58.2 Å². The van der Waals surface area contributed by atoms with E-state index in [1.165, 1.54) is 36.4 Å². The van der Waals surface area contributed by atoms with Crippen molar-refractivity contribution in [2.45, 2.75) is 0 Å². The zero-order valence-corrected chi connectivity index (χ0v) is 15.8. The van der Waals surface area contributed by atoms with Crippen LogP contribution in [0.1, 0.15) is 11.1 Å². The van der Waals surface area contributed by atoms with Gasteiger partial charge in [0.15, 0.2) is 0 Å². The second kappa shape index (κ2) is 9.93. The highest BCUT2D eigenvalue weighted by Crippen LogP contribution is 2.16. The molecule has 6 heteroatoms. The van der Waals surface area contributed by atoms with Gasteiger partial charge in [-0.2, -0.15) is 0 Å². The fourth-order valence-corrected chi connectivity index (χ4v) is 2.53. The van der Waals surface area contributed by atoms with Gasteiger partial charge in [0.1, 0.15) is 11.6 Å². The molecule has 0 aliphatic carbocycles. The average Bonchev–Trinajstić information content (AvgIpc) is 2.73. The SMILES string of the molecule is O=C(/C=C\c1ccc(F)cc1)Nc1cccc(NC(=O)/C=C\c2ccc(F)cc2)c1. The molecule has 0 saturated carbocycles. The van der Waals surface area contributed by atoms with E-state index < -0.39 is 0 Å². The molecule has 4 nitrogen and oxygen atoms in total. The predicted octanol–water partition coefficient (Wildman–Crippen LogP) is 5.27. The number of carbonyl (C=O) groups excluding carboxylic acids is 2. The van der Waals surface area contributed by atoms with Gasteiger partial charge in [-0.1, -0.05) is 30.3 Å². The van der Waals surface area contributed by atoms with Crippen LogP contribution in [0.15, 0.2) is 84.9 Å². The first kappa shape index (κ1) is 20.7. The van der Waals surface area contributed by atoms with Gasteiger partial charge in [-0.15, -0.1) is 0 Å².